The van der Waals surface area contributed by atoms with Gasteiger partial charge in [-0.2, -0.15) is 5.10 Å². The average molecular weight is 340 g/mol. The van der Waals surface area contributed by atoms with E-state index in [0.29, 0.717) is 0 Å². The summed E-state index contributed by atoms with van der Waals surface area (Å²) in [5.41, 5.74) is 8.50. The molecule has 2 aromatic heterocycles. The predicted octanol–water partition coefficient (Wildman–Crippen LogP) is 5.88. The molecule has 0 amide bonds. The second-order valence-electron chi connectivity index (χ2n) is 6.23. The van der Waals surface area contributed by atoms with E-state index in [9.17, 15) is 0 Å². The smallest absolute Gasteiger partial charge is 0.0962 e. The van der Waals surface area contributed by atoms with Crippen molar-refractivity contribution in [1.29, 1.82) is 0 Å². The van der Waals surface area contributed by atoms with Gasteiger partial charge in [-0.25, -0.2) is 0 Å². The number of hydrogen-bond acceptors (Lipinski definition) is 2. The van der Waals surface area contributed by atoms with Gasteiger partial charge in [0.25, 0.3) is 0 Å². The topological polar surface area (TPSA) is 28.7 Å². The number of aromatic nitrogens is 2. The first-order valence-electron chi connectivity index (χ1n) is 8.36. The number of thiophene rings is 1. The molecular weight excluding hydrogens is 324 g/mol. The van der Waals surface area contributed by atoms with Gasteiger partial charge in [0.05, 0.1) is 11.4 Å². The van der Waals surface area contributed by atoms with Crippen LogP contribution < -0.4 is 0 Å². The molecule has 2 heterocycles. The monoisotopic (exact) mass is 340 g/mol. The lowest BCUT2D eigenvalue weighted by Gasteiger charge is -2.01. The predicted molar refractivity (Wildman–Crippen MR) is 106 cm³/mol. The molecule has 0 atom stereocenters. The number of hydrogen-bond donors (Lipinski definition) is 1. The van der Waals surface area contributed by atoms with E-state index in [1.807, 2.05) is 17.4 Å². The van der Waals surface area contributed by atoms with Gasteiger partial charge in [0, 0.05) is 28.0 Å². The highest BCUT2D eigenvalue weighted by Crippen LogP contribution is 2.42. The molecule has 3 heteroatoms. The first kappa shape index (κ1) is 14.4. The van der Waals surface area contributed by atoms with Gasteiger partial charge in [-0.1, -0.05) is 66.7 Å². The minimum Gasteiger partial charge on any atom is -0.277 e. The van der Waals surface area contributed by atoms with E-state index in [1.54, 1.807) is 0 Å². The Kier molecular flexibility index (Phi) is 3.39. The third-order valence-corrected chi connectivity index (χ3v) is 5.59. The molecule has 120 valence electrons. The van der Waals surface area contributed by atoms with Gasteiger partial charge in [0.15, 0.2) is 0 Å². The Morgan fingerprint density at radius 2 is 1.64 bits per heavy atom. The quantitative estimate of drug-likeness (QED) is 0.408. The maximum atomic E-state index is 4.57. The zero-order valence-electron chi connectivity index (χ0n) is 13.6. The van der Waals surface area contributed by atoms with Crippen LogP contribution in [0, 0.1) is 0 Å². The molecule has 0 fully saturated rings. The zero-order chi connectivity index (χ0) is 16.6. The molecule has 0 radical (unpaired) electrons. The number of rotatable bonds is 3. The van der Waals surface area contributed by atoms with E-state index in [-0.39, 0.29) is 0 Å². The standard InChI is InChI=1S/C22H16N2S/c1-2-4-15(5-3-1)6-7-16-8-10-17(11-9-16)21-19-14-20-18(12-13-25-20)22(19)24-23-21/h1-13H,14H2,(H,23,24)/b7-6+. The molecule has 0 saturated carbocycles. The minimum absolute atomic E-state index is 0.990. The molecule has 4 aromatic rings. The van der Waals surface area contributed by atoms with E-state index in [2.05, 4.69) is 82.3 Å². The first-order chi connectivity index (χ1) is 12.4. The molecule has 25 heavy (non-hydrogen) atoms. The fourth-order valence-corrected chi connectivity index (χ4v) is 4.26. The van der Waals surface area contributed by atoms with E-state index in [4.69, 9.17) is 0 Å². The SMILES string of the molecule is C(=C\c1ccc(-c2n[nH]c3c2Cc2sccc2-3)cc1)/c1ccccc1. The summed E-state index contributed by atoms with van der Waals surface area (Å²) < 4.78 is 0. The van der Waals surface area contributed by atoms with Gasteiger partial charge >= 0.3 is 0 Å². The summed E-state index contributed by atoms with van der Waals surface area (Å²) in [6, 6.07) is 21.2. The molecule has 5 rings (SSSR count). The van der Waals surface area contributed by atoms with Crippen LogP contribution in [0.25, 0.3) is 34.7 Å². The van der Waals surface area contributed by atoms with Crippen molar-refractivity contribution in [2.45, 2.75) is 6.42 Å². The third kappa shape index (κ3) is 2.53. The Morgan fingerprint density at radius 3 is 2.44 bits per heavy atom. The van der Waals surface area contributed by atoms with Gasteiger partial charge < -0.3 is 0 Å². The van der Waals surface area contributed by atoms with Crippen molar-refractivity contribution in [3.63, 3.8) is 0 Å². The number of aromatic amines is 1. The number of nitrogens with zero attached hydrogens (tertiary/aromatic N) is 1. The summed E-state index contributed by atoms with van der Waals surface area (Å²) in [5, 5.41) is 9.96. The molecule has 0 saturated heterocycles. The van der Waals surface area contributed by atoms with Crippen LogP contribution in [0.5, 0.6) is 0 Å². The fraction of sp³-hybridized carbons (Fsp3) is 0.0455. The van der Waals surface area contributed by atoms with Crippen molar-refractivity contribution in [2.75, 3.05) is 0 Å². The van der Waals surface area contributed by atoms with E-state index < -0.39 is 0 Å². The fourth-order valence-electron chi connectivity index (χ4n) is 3.37. The molecule has 1 N–H and O–H groups in total. The van der Waals surface area contributed by atoms with Crippen LogP contribution in [0.4, 0.5) is 0 Å². The molecule has 1 aliphatic rings. The van der Waals surface area contributed by atoms with Crippen LogP contribution in [0.2, 0.25) is 0 Å². The molecule has 2 nitrogen and oxygen atoms in total. The molecule has 0 aliphatic heterocycles. The highest BCUT2D eigenvalue weighted by molar-refractivity contribution is 7.10. The van der Waals surface area contributed by atoms with Crippen molar-refractivity contribution < 1.29 is 0 Å². The van der Waals surface area contributed by atoms with Crippen molar-refractivity contribution in [3.8, 4) is 22.5 Å². The van der Waals surface area contributed by atoms with Gasteiger partial charge in [0.2, 0.25) is 0 Å². The summed E-state index contributed by atoms with van der Waals surface area (Å²) in [6.45, 7) is 0. The lowest BCUT2D eigenvalue weighted by Crippen LogP contribution is -1.85. The van der Waals surface area contributed by atoms with Crippen molar-refractivity contribution in [1.82, 2.24) is 10.2 Å². The van der Waals surface area contributed by atoms with Crippen molar-refractivity contribution in [3.05, 3.63) is 87.6 Å². The molecule has 1 aliphatic carbocycles. The summed E-state index contributed by atoms with van der Waals surface area (Å²) in [7, 11) is 0. The van der Waals surface area contributed by atoms with Crippen molar-refractivity contribution >= 4 is 23.5 Å². The zero-order valence-corrected chi connectivity index (χ0v) is 14.4. The third-order valence-electron chi connectivity index (χ3n) is 4.67. The molecular formula is C22H16N2S. The highest BCUT2D eigenvalue weighted by Gasteiger charge is 2.25. The Morgan fingerprint density at radius 1 is 0.880 bits per heavy atom. The first-order valence-corrected chi connectivity index (χ1v) is 9.24. The van der Waals surface area contributed by atoms with E-state index >= 15 is 0 Å². The second kappa shape index (κ2) is 5.87. The van der Waals surface area contributed by atoms with Gasteiger partial charge in [-0.15, -0.1) is 11.3 Å². The van der Waals surface area contributed by atoms with Crippen LogP contribution in [0.1, 0.15) is 21.6 Å². The average Bonchev–Trinajstić information content (AvgIpc) is 3.34. The normalized spacial score (nSPS) is 12.5. The Labute approximate surface area is 150 Å². The number of fused-ring (bicyclic) bond motifs is 3. The molecule has 0 bridgehead atoms. The summed E-state index contributed by atoms with van der Waals surface area (Å²) in [6.07, 6.45) is 5.27. The molecule has 0 spiro atoms. The number of nitrogens with one attached hydrogen (secondary N) is 1. The lowest BCUT2D eigenvalue weighted by atomic mass is 10.0. The number of H-pyrrole nitrogens is 1. The van der Waals surface area contributed by atoms with Crippen LogP contribution >= 0.6 is 11.3 Å². The maximum absolute atomic E-state index is 4.57. The lowest BCUT2D eigenvalue weighted by molar-refractivity contribution is 1.10. The molecule has 2 aromatic carbocycles. The second-order valence-corrected chi connectivity index (χ2v) is 7.23. The molecule has 0 unspecified atom stereocenters. The Balaban J connectivity index is 1.42. The number of benzene rings is 2. The van der Waals surface area contributed by atoms with Crippen molar-refractivity contribution in [2.24, 2.45) is 0 Å². The summed E-state index contributed by atoms with van der Waals surface area (Å²) >= 11 is 1.83. The van der Waals surface area contributed by atoms with Crippen LogP contribution in [-0.4, -0.2) is 10.2 Å². The van der Waals surface area contributed by atoms with Crippen LogP contribution in [-0.2, 0) is 6.42 Å². The highest BCUT2D eigenvalue weighted by atomic mass is 32.1. The summed E-state index contributed by atoms with van der Waals surface area (Å²) in [4.78, 5) is 1.44. The van der Waals surface area contributed by atoms with Gasteiger partial charge in [-0.3, -0.25) is 5.10 Å². The van der Waals surface area contributed by atoms with Crippen LogP contribution in [0.3, 0.4) is 0 Å². The van der Waals surface area contributed by atoms with Gasteiger partial charge in [0.1, 0.15) is 0 Å². The van der Waals surface area contributed by atoms with Gasteiger partial charge in [-0.05, 0) is 22.6 Å². The largest absolute Gasteiger partial charge is 0.277 e. The van der Waals surface area contributed by atoms with Crippen LogP contribution in [0.15, 0.2) is 66.0 Å². The van der Waals surface area contributed by atoms with E-state index in [1.165, 1.54) is 38.4 Å². The Bertz CT molecular complexity index is 1050. The maximum Gasteiger partial charge on any atom is 0.0962 e. The summed E-state index contributed by atoms with van der Waals surface area (Å²) in [5.74, 6) is 0. The minimum atomic E-state index is 0.990. The van der Waals surface area contributed by atoms with E-state index in [0.717, 1.165) is 12.1 Å². The Hall–Kier alpha value is -2.91.